The molecule has 2 N–H and O–H groups in total. The van der Waals surface area contributed by atoms with Gasteiger partial charge in [0.2, 0.25) is 11.8 Å². The minimum atomic E-state index is -0.496. The van der Waals surface area contributed by atoms with Crippen LogP contribution in [0.25, 0.3) is 16.7 Å². The van der Waals surface area contributed by atoms with E-state index < -0.39 is 5.91 Å². The number of nitrogens with zero attached hydrogens (tertiary/aromatic N) is 5. The Balaban J connectivity index is 1.59. The maximum absolute atomic E-state index is 13.0. The monoisotopic (exact) mass is 430 g/mol. The van der Waals surface area contributed by atoms with Crippen LogP contribution in [0.4, 0.5) is 0 Å². The highest BCUT2D eigenvalue weighted by Gasteiger charge is 2.18. The molecule has 2 heterocycles. The number of aromatic nitrogens is 4. The Hall–Kier alpha value is -4.27. The average molecular weight is 430 g/mol. The number of para-hydroxylation sites is 1. The van der Waals surface area contributed by atoms with Crippen molar-refractivity contribution in [1.29, 1.82) is 0 Å². The van der Waals surface area contributed by atoms with Crippen molar-refractivity contribution in [2.24, 2.45) is 5.73 Å². The number of hydrogen-bond acceptors (Lipinski definition) is 5. The largest absolute Gasteiger partial charge is 0.370 e. The summed E-state index contributed by atoms with van der Waals surface area (Å²) in [5.41, 5.74) is 7.02. The number of benzene rings is 2. The molecule has 0 saturated heterocycles. The molecule has 0 unspecified atom stereocenters. The van der Waals surface area contributed by atoms with E-state index in [0.29, 0.717) is 17.6 Å². The maximum Gasteiger partial charge on any atom is 0.264 e. The lowest BCUT2D eigenvalue weighted by molar-refractivity contribution is -0.133. The van der Waals surface area contributed by atoms with Gasteiger partial charge in [0.1, 0.15) is 18.3 Å². The van der Waals surface area contributed by atoms with Gasteiger partial charge in [-0.2, -0.15) is 5.10 Å². The Labute approximate surface area is 183 Å². The van der Waals surface area contributed by atoms with Crippen LogP contribution in [0, 0.1) is 0 Å². The van der Waals surface area contributed by atoms with Gasteiger partial charge in [-0.3, -0.25) is 19.0 Å². The molecule has 4 aromatic rings. The van der Waals surface area contributed by atoms with E-state index in [-0.39, 0.29) is 31.0 Å². The molecule has 0 spiro atoms. The second-order valence-corrected chi connectivity index (χ2v) is 7.32. The number of primary amides is 1. The zero-order chi connectivity index (χ0) is 22.5. The van der Waals surface area contributed by atoms with Crippen LogP contribution in [0.1, 0.15) is 12.0 Å². The van der Waals surface area contributed by atoms with Gasteiger partial charge in [0, 0.05) is 19.5 Å². The van der Waals surface area contributed by atoms with Gasteiger partial charge in [-0.25, -0.2) is 9.67 Å². The summed E-state index contributed by atoms with van der Waals surface area (Å²) in [4.78, 5) is 43.1. The number of carbonyl (C=O) groups is 2. The molecule has 0 aliphatic heterocycles. The lowest BCUT2D eigenvalue weighted by Gasteiger charge is -2.22. The van der Waals surface area contributed by atoms with Gasteiger partial charge in [-0.1, -0.05) is 48.5 Å². The van der Waals surface area contributed by atoms with E-state index in [1.807, 2.05) is 60.7 Å². The number of rotatable bonds is 8. The molecule has 0 atom stereocenters. The summed E-state index contributed by atoms with van der Waals surface area (Å²) in [7, 11) is 0. The van der Waals surface area contributed by atoms with Gasteiger partial charge in [-0.05, 0) is 17.7 Å². The normalized spacial score (nSPS) is 10.9. The quantitative estimate of drug-likeness (QED) is 0.455. The third kappa shape index (κ3) is 4.56. The van der Waals surface area contributed by atoms with Crippen LogP contribution in [0.2, 0.25) is 0 Å². The fraction of sp³-hybridized carbons (Fsp3) is 0.174. The third-order valence-corrected chi connectivity index (χ3v) is 5.06. The fourth-order valence-corrected chi connectivity index (χ4v) is 3.41. The third-order valence-electron chi connectivity index (χ3n) is 5.06. The first-order valence-corrected chi connectivity index (χ1v) is 10.1. The molecule has 162 valence electrons. The molecule has 0 fully saturated rings. The zero-order valence-corrected chi connectivity index (χ0v) is 17.3. The maximum atomic E-state index is 13.0. The first-order chi connectivity index (χ1) is 15.5. The second kappa shape index (κ2) is 9.25. The Morgan fingerprint density at radius 1 is 1.00 bits per heavy atom. The predicted molar refractivity (Wildman–Crippen MR) is 119 cm³/mol. The molecule has 4 rings (SSSR count). The lowest BCUT2D eigenvalue weighted by atomic mass is 10.2. The fourth-order valence-electron chi connectivity index (χ4n) is 3.41. The van der Waals surface area contributed by atoms with E-state index in [1.54, 1.807) is 4.68 Å². The Bertz CT molecular complexity index is 1300. The number of nitrogens with two attached hydrogens (primary N) is 1. The second-order valence-electron chi connectivity index (χ2n) is 7.32. The lowest BCUT2D eigenvalue weighted by Crippen LogP contribution is -2.38. The molecule has 0 saturated carbocycles. The Kier molecular flexibility index (Phi) is 6.07. The summed E-state index contributed by atoms with van der Waals surface area (Å²) in [5, 5.41) is 4.60. The van der Waals surface area contributed by atoms with E-state index >= 15 is 0 Å². The molecule has 0 aliphatic carbocycles. The summed E-state index contributed by atoms with van der Waals surface area (Å²) in [6.07, 6.45) is 2.83. The van der Waals surface area contributed by atoms with Gasteiger partial charge < -0.3 is 10.6 Å². The van der Waals surface area contributed by atoms with Gasteiger partial charge >= 0.3 is 0 Å². The van der Waals surface area contributed by atoms with Crippen LogP contribution >= 0.6 is 0 Å². The van der Waals surface area contributed by atoms with Crippen LogP contribution in [0.3, 0.4) is 0 Å². The van der Waals surface area contributed by atoms with Crippen molar-refractivity contribution in [3.8, 4) is 5.69 Å². The van der Waals surface area contributed by atoms with Crippen LogP contribution in [0.5, 0.6) is 0 Å². The summed E-state index contributed by atoms with van der Waals surface area (Å²) in [5.74, 6) is -0.807. The smallest absolute Gasteiger partial charge is 0.264 e. The summed E-state index contributed by atoms with van der Waals surface area (Å²) in [6.45, 7) is 0.270. The number of hydrogen-bond donors (Lipinski definition) is 1. The first-order valence-electron chi connectivity index (χ1n) is 10.1. The van der Waals surface area contributed by atoms with Crippen molar-refractivity contribution in [3.63, 3.8) is 0 Å². The highest BCUT2D eigenvalue weighted by Crippen LogP contribution is 2.13. The van der Waals surface area contributed by atoms with Gasteiger partial charge in [0.05, 0.1) is 11.9 Å². The SMILES string of the molecule is NC(=O)CCN(Cc1ccccc1)C(=O)Cn1cnc2c(cnn2-c2ccccc2)c1=O. The number of carbonyl (C=O) groups excluding carboxylic acids is 2. The zero-order valence-electron chi connectivity index (χ0n) is 17.3. The van der Waals surface area contributed by atoms with Gasteiger partial charge in [0.25, 0.3) is 5.56 Å². The molecular formula is C23H22N6O3. The topological polar surface area (TPSA) is 116 Å². The standard InChI is InChI=1S/C23H22N6O3/c24-20(30)11-12-27(14-17-7-3-1-4-8-17)21(31)15-28-16-25-22-19(23(28)32)13-26-29(22)18-9-5-2-6-10-18/h1-10,13,16H,11-12,14-15H2,(H2,24,30). The Morgan fingerprint density at radius 3 is 2.38 bits per heavy atom. The molecule has 9 nitrogen and oxygen atoms in total. The number of fused-ring (bicyclic) bond motifs is 1. The molecule has 2 amide bonds. The molecular weight excluding hydrogens is 408 g/mol. The van der Waals surface area contributed by atoms with Crippen LogP contribution in [-0.2, 0) is 22.7 Å². The van der Waals surface area contributed by atoms with Crippen molar-refractivity contribution < 1.29 is 9.59 Å². The number of amides is 2. The van der Waals surface area contributed by atoms with E-state index in [0.717, 1.165) is 11.3 Å². The molecule has 2 aromatic heterocycles. The summed E-state index contributed by atoms with van der Waals surface area (Å²) < 4.78 is 2.83. The summed E-state index contributed by atoms with van der Waals surface area (Å²) >= 11 is 0. The van der Waals surface area contributed by atoms with Crippen LogP contribution in [-0.4, -0.2) is 42.6 Å². The minimum absolute atomic E-state index is 0.0363. The highest BCUT2D eigenvalue weighted by atomic mass is 16.2. The minimum Gasteiger partial charge on any atom is -0.370 e. The molecule has 0 aliphatic rings. The highest BCUT2D eigenvalue weighted by molar-refractivity contribution is 5.79. The van der Waals surface area contributed by atoms with E-state index in [1.165, 1.54) is 22.0 Å². The molecule has 32 heavy (non-hydrogen) atoms. The first kappa shape index (κ1) is 21.0. The van der Waals surface area contributed by atoms with E-state index in [2.05, 4.69) is 10.1 Å². The van der Waals surface area contributed by atoms with Crippen molar-refractivity contribution in [1.82, 2.24) is 24.2 Å². The molecule has 2 aromatic carbocycles. The van der Waals surface area contributed by atoms with E-state index in [4.69, 9.17) is 5.73 Å². The molecule has 0 radical (unpaired) electrons. The van der Waals surface area contributed by atoms with Crippen molar-refractivity contribution in [3.05, 3.63) is 89.1 Å². The molecule has 0 bridgehead atoms. The van der Waals surface area contributed by atoms with Crippen LogP contribution in [0.15, 0.2) is 78.0 Å². The van der Waals surface area contributed by atoms with E-state index in [9.17, 15) is 14.4 Å². The predicted octanol–water partition coefficient (Wildman–Crippen LogP) is 1.49. The van der Waals surface area contributed by atoms with Gasteiger partial charge in [-0.15, -0.1) is 0 Å². The summed E-state index contributed by atoms with van der Waals surface area (Å²) in [6, 6.07) is 18.8. The van der Waals surface area contributed by atoms with Crippen molar-refractivity contribution >= 4 is 22.8 Å². The molecule has 9 heteroatoms. The average Bonchev–Trinajstić information content (AvgIpc) is 3.24. The Morgan fingerprint density at radius 2 is 1.69 bits per heavy atom. The van der Waals surface area contributed by atoms with Gasteiger partial charge in [0.15, 0.2) is 5.65 Å². The van der Waals surface area contributed by atoms with Crippen molar-refractivity contribution in [2.45, 2.75) is 19.5 Å². The van der Waals surface area contributed by atoms with Crippen LogP contribution < -0.4 is 11.3 Å². The van der Waals surface area contributed by atoms with Crippen molar-refractivity contribution in [2.75, 3.05) is 6.54 Å².